The summed E-state index contributed by atoms with van der Waals surface area (Å²) in [6, 6.07) is 8.68. The van der Waals surface area contributed by atoms with Crippen molar-refractivity contribution in [1.82, 2.24) is 14.8 Å². The van der Waals surface area contributed by atoms with Crippen LogP contribution in [-0.4, -0.2) is 40.5 Å². The first-order chi connectivity index (χ1) is 14.7. The smallest absolute Gasteiger partial charge is 0.130 e. The van der Waals surface area contributed by atoms with Crippen molar-refractivity contribution in [2.75, 3.05) is 19.6 Å². The molecule has 162 valence electrons. The quantitative estimate of drug-likeness (QED) is 0.605. The van der Waals surface area contributed by atoms with Crippen LogP contribution in [0.15, 0.2) is 42.7 Å². The van der Waals surface area contributed by atoms with E-state index in [1.54, 1.807) is 12.3 Å². The van der Waals surface area contributed by atoms with E-state index in [0.717, 1.165) is 37.3 Å². The molecular weight excluding hydrogens is 380 g/mol. The van der Waals surface area contributed by atoms with Crippen molar-refractivity contribution in [2.45, 2.75) is 64.1 Å². The van der Waals surface area contributed by atoms with Gasteiger partial charge < -0.3 is 4.90 Å². The van der Waals surface area contributed by atoms with E-state index >= 15 is 0 Å². The molecule has 1 aliphatic heterocycles. The fraction of sp³-hybridized carbons (Fsp3) is 0.560. The summed E-state index contributed by atoms with van der Waals surface area (Å²) in [4.78, 5) is 9.26. The Balaban J connectivity index is 1.44. The molecule has 2 aromatic rings. The molecule has 0 unspecified atom stereocenters. The summed E-state index contributed by atoms with van der Waals surface area (Å²) in [5.41, 5.74) is 1.68. The largest absolute Gasteiger partial charge is 0.300 e. The molecule has 0 amide bonds. The third kappa shape index (κ3) is 5.86. The van der Waals surface area contributed by atoms with E-state index in [-0.39, 0.29) is 0 Å². The second-order valence-corrected chi connectivity index (χ2v) is 9.06. The minimum atomic E-state index is -0.523. The molecule has 3 nitrogen and oxygen atoms in total. The van der Waals surface area contributed by atoms with Crippen molar-refractivity contribution >= 4 is 0 Å². The van der Waals surface area contributed by atoms with Crippen molar-refractivity contribution in [3.8, 4) is 0 Å². The van der Waals surface area contributed by atoms with E-state index < -0.39 is 11.6 Å². The van der Waals surface area contributed by atoms with Gasteiger partial charge in [0.2, 0.25) is 0 Å². The molecule has 0 N–H and O–H groups in total. The molecule has 2 fully saturated rings. The first-order valence-corrected chi connectivity index (χ1v) is 11.5. The molecule has 4 rings (SSSR count). The normalized spacial score (nSPS) is 21.2. The third-order valence-electron chi connectivity index (χ3n) is 6.70. The van der Waals surface area contributed by atoms with E-state index in [1.807, 2.05) is 12.3 Å². The first-order valence-electron chi connectivity index (χ1n) is 11.5. The Morgan fingerprint density at radius 3 is 2.63 bits per heavy atom. The maximum Gasteiger partial charge on any atom is 0.130 e. The molecule has 1 aliphatic carbocycles. The lowest BCUT2D eigenvalue weighted by molar-refractivity contribution is 0.0769. The highest BCUT2D eigenvalue weighted by Crippen LogP contribution is 2.28. The van der Waals surface area contributed by atoms with Crippen molar-refractivity contribution in [3.05, 3.63) is 65.5 Å². The number of aromatic nitrogens is 1. The average Bonchev–Trinajstić information content (AvgIpc) is 2.77. The Morgan fingerprint density at radius 1 is 1.00 bits per heavy atom. The van der Waals surface area contributed by atoms with Gasteiger partial charge in [-0.25, -0.2) is 8.78 Å². The van der Waals surface area contributed by atoms with Gasteiger partial charge in [0.05, 0.1) is 0 Å². The van der Waals surface area contributed by atoms with Crippen molar-refractivity contribution in [3.63, 3.8) is 0 Å². The number of rotatable bonds is 7. The minimum absolute atomic E-state index is 0.460. The second kappa shape index (κ2) is 10.5. The fourth-order valence-electron chi connectivity index (χ4n) is 5.21. The fourth-order valence-corrected chi connectivity index (χ4v) is 5.21. The number of halogens is 2. The van der Waals surface area contributed by atoms with Crippen LogP contribution in [0.2, 0.25) is 0 Å². The molecule has 1 aromatic carbocycles. The maximum absolute atomic E-state index is 14.3. The van der Waals surface area contributed by atoms with Gasteiger partial charge in [0.1, 0.15) is 11.6 Å². The van der Waals surface area contributed by atoms with E-state index in [0.29, 0.717) is 18.0 Å². The van der Waals surface area contributed by atoms with Crippen LogP contribution in [0.25, 0.3) is 0 Å². The Morgan fingerprint density at radius 2 is 1.87 bits per heavy atom. The first kappa shape index (κ1) is 21.4. The van der Waals surface area contributed by atoms with Gasteiger partial charge in [-0.15, -0.1) is 0 Å². The number of hydrogen-bond donors (Lipinski definition) is 0. The van der Waals surface area contributed by atoms with E-state index in [2.05, 4.69) is 20.9 Å². The third-order valence-corrected chi connectivity index (χ3v) is 6.70. The zero-order chi connectivity index (χ0) is 20.8. The predicted octanol–water partition coefficient (Wildman–Crippen LogP) is 5.41. The topological polar surface area (TPSA) is 19.4 Å². The lowest BCUT2D eigenvalue weighted by atomic mass is 9.90. The maximum atomic E-state index is 14.3. The molecular formula is C25H33F2N3. The van der Waals surface area contributed by atoms with Gasteiger partial charge >= 0.3 is 0 Å². The summed E-state index contributed by atoms with van der Waals surface area (Å²) < 4.78 is 27.7. The highest BCUT2D eigenvalue weighted by Gasteiger charge is 2.28. The Kier molecular flexibility index (Phi) is 7.45. The van der Waals surface area contributed by atoms with Gasteiger partial charge in [-0.2, -0.15) is 0 Å². The van der Waals surface area contributed by atoms with Gasteiger partial charge in [-0.3, -0.25) is 9.88 Å². The van der Waals surface area contributed by atoms with Crippen molar-refractivity contribution in [1.29, 1.82) is 0 Å². The van der Waals surface area contributed by atoms with Crippen molar-refractivity contribution in [2.24, 2.45) is 5.92 Å². The van der Waals surface area contributed by atoms with Crippen LogP contribution >= 0.6 is 0 Å². The number of hydrogen-bond acceptors (Lipinski definition) is 3. The van der Waals surface area contributed by atoms with Crippen LogP contribution in [0.3, 0.4) is 0 Å². The van der Waals surface area contributed by atoms with Crippen LogP contribution in [0.4, 0.5) is 8.78 Å². The summed E-state index contributed by atoms with van der Waals surface area (Å²) in [6.45, 7) is 4.50. The van der Waals surface area contributed by atoms with E-state index in [4.69, 9.17) is 0 Å². The zero-order valence-corrected chi connectivity index (χ0v) is 17.8. The van der Waals surface area contributed by atoms with Gasteiger partial charge in [0.25, 0.3) is 0 Å². The number of likely N-dealkylation sites (tertiary alicyclic amines) is 1. The average molecular weight is 414 g/mol. The Labute approximate surface area is 179 Å². The highest BCUT2D eigenvalue weighted by atomic mass is 19.1. The molecule has 5 heteroatoms. The highest BCUT2D eigenvalue weighted by molar-refractivity contribution is 5.19. The summed E-state index contributed by atoms with van der Waals surface area (Å²) in [5.74, 6) is -0.398. The summed E-state index contributed by atoms with van der Waals surface area (Å²) in [6.07, 6.45) is 12.9. The molecule has 0 spiro atoms. The van der Waals surface area contributed by atoms with Crippen LogP contribution < -0.4 is 0 Å². The standard InChI is InChI=1S/C25H33F2N3/c26-23-11-10-22(25(27)14-23)19-29(16-20-6-4-12-28-15-20)17-21-7-5-13-30(18-21)24-8-2-1-3-9-24/h4,6,10-12,14-15,21,24H,1-3,5,7-9,13,16-19H2/t21-/m1/s1. The summed E-state index contributed by atoms with van der Waals surface area (Å²) in [7, 11) is 0. The molecule has 1 saturated carbocycles. The molecule has 1 atom stereocenters. The number of benzene rings is 1. The van der Waals surface area contributed by atoms with Crippen LogP contribution in [-0.2, 0) is 13.1 Å². The SMILES string of the molecule is Fc1ccc(CN(Cc2cccnc2)C[C@H]2CCCN(C3CCCCC3)C2)c(F)c1. The summed E-state index contributed by atoms with van der Waals surface area (Å²) >= 11 is 0. The molecule has 1 saturated heterocycles. The van der Waals surface area contributed by atoms with Crippen LogP contribution in [0.5, 0.6) is 0 Å². The number of piperidine rings is 1. The second-order valence-electron chi connectivity index (χ2n) is 9.06. The van der Waals surface area contributed by atoms with Gasteiger partial charge in [0, 0.05) is 56.2 Å². The number of pyridine rings is 1. The molecule has 1 aromatic heterocycles. The zero-order valence-electron chi connectivity index (χ0n) is 17.8. The van der Waals surface area contributed by atoms with Crippen LogP contribution in [0, 0.1) is 17.6 Å². The van der Waals surface area contributed by atoms with E-state index in [9.17, 15) is 8.78 Å². The molecule has 2 heterocycles. The lowest BCUT2D eigenvalue weighted by Crippen LogP contribution is -2.46. The molecule has 0 bridgehead atoms. The monoisotopic (exact) mass is 413 g/mol. The van der Waals surface area contributed by atoms with Crippen molar-refractivity contribution < 1.29 is 8.78 Å². The lowest BCUT2D eigenvalue weighted by Gasteiger charge is -2.41. The molecule has 0 radical (unpaired) electrons. The van der Waals surface area contributed by atoms with Crippen LogP contribution in [0.1, 0.15) is 56.1 Å². The Bertz CT molecular complexity index is 792. The number of nitrogens with zero attached hydrogens (tertiary/aromatic N) is 3. The van der Waals surface area contributed by atoms with E-state index in [1.165, 1.54) is 57.6 Å². The Hall–Kier alpha value is -1.85. The summed E-state index contributed by atoms with van der Waals surface area (Å²) in [5, 5.41) is 0. The predicted molar refractivity (Wildman–Crippen MR) is 116 cm³/mol. The minimum Gasteiger partial charge on any atom is -0.300 e. The van der Waals surface area contributed by atoms with Gasteiger partial charge in [-0.1, -0.05) is 31.4 Å². The molecule has 2 aliphatic rings. The molecule has 30 heavy (non-hydrogen) atoms. The van der Waals surface area contributed by atoms with Gasteiger partial charge in [-0.05, 0) is 55.8 Å². The van der Waals surface area contributed by atoms with Gasteiger partial charge in [0.15, 0.2) is 0 Å².